The van der Waals surface area contributed by atoms with Crippen molar-refractivity contribution >= 4 is 22.1 Å². The lowest BCUT2D eigenvalue weighted by atomic mass is 9.94. The van der Waals surface area contributed by atoms with Crippen LogP contribution in [0.5, 0.6) is 0 Å². The van der Waals surface area contributed by atoms with Gasteiger partial charge in [0, 0.05) is 36.3 Å². The second kappa shape index (κ2) is 7.29. The fourth-order valence-electron chi connectivity index (χ4n) is 3.88. The van der Waals surface area contributed by atoms with Gasteiger partial charge in [-0.15, -0.1) is 0 Å². The van der Waals surface area contributed by atoms with Crippen LogP contribution in [0.25, 0.3) is 33.3 Å². The van der Waals surface area contributed by atoms with E-state index in [1.54, 1.807) is 23.9 Å². The second-order valence-electron chi connectivity index (χ2n) is 7.95. The van der Waals surface area contributed by atoms with Gasteiger partial charge in [-0.25, -0.2) is 9.55 Å². The van der Waals surface area contributed by atoms with Gasteiger partial charge < -0.3 is 4.42 Å². The maximum absolute atomic E-state index is 8.64. The molecule has 4 rings (SSSR count). The lowest BCUT2D eigenvalue weighted by Gasteiger charge is -2.13. The highest BCUT2D eigenvalue weighted by Gasteiger charge is 2.23. The number of aromatic nitrogens is 2. The predicted octanol–water partition coefficient (Wildman–Crippen LogP) is 6.59. The Bertz CT molecular complexity index is 1440. The number of pyridine rings is 2. The molecular formula is C26H31N2O+. The van der Waals surface area contributed by atoms with Gasteiger partial charge in [0.1, 0.15) is 7.05 Å². The highest BCUT2D eigenvalue weighted by Crippen LogP contribution is 2.37. The number of nitrogens with zero attached hydrogens (tertiary/aromatic N) is 2. The van der Waals surface area contributed by atoms with Gasteiger partial charge in [0.15, 0.2) is 11.8 Å². The number of benzene rings is 1. The molecule has 3 heterocycles. The average molecular weight is 394 g/mol. The first-order valence-corrected chi connectivity index (χ1v) is 9.92. The molecular weight excluding hydrogens is 356 g/mol. The van der Waals surface area contributed by atoms with Crippen molar-refractivity contribution in [3.8, 4) is 11.3 Å². The van der Waals surface area contributed by atoms with Crippen LogP contribution < -0.4 is 4.57 Å². The molecule has 0 aliphatic heterocycles. The molecule has 0 radical (unpaired) electrons. The third-order valence-electron chi connectivity index (χ3n) is 5.53. The zero-order valence-electron chi connectivity index (χ0n) is 23.8. The normalized spacial score (nSPS) is 18.0. The van der Waals surface area contributed by atoms with Crippen molar-refractivity contribution in [3.05, 3.63) is 58.9 Å². The zero-order chi connectivity index (χ0) is 26.1. The molecule has 150 valence electrons. The Balaban J connectivity index is 2.06. The maximum Gasteiger partial charge on any atom is 0.227 e. The number of rotatable bonds is 4. The molecule has 3 nitrogen and oxygen atoms in total. The second-order valence-corrected chi connectivity index (χ2v) is 7.95. The minimum absolute atomic E-state index is 0.133. The van der Waals surface area contributed by atoms with Crippen molar-refractivity contribution in [1.29, 1.82) is 0 Å². The minimum atomic E-state index is -2.63. The van der Waals surface area contributed by atoms with Crippen LogP contribution in [-0.4, -0.2) is 4.98 Å². The number of hydrogen-bond acceptors (Lipinski definition) is 2. The molecule has 4 aromatic rings. The molecule has 0 aliphatic rings. The van der Waals surface area contributed by atoms with Gasteiger partial charge in [-0.3, -0.25) is 0 Å². The van der Waals surface area contributed by atoms with Gasteiger partial charge >= 0.3 is 0 Å². The van der Waals surface area contributed by atoms with E-state index in [1.807, 2.05) is 31.2 Å². The summed E-state index contributed by atoms with van der Waals surface area (Å²) in [5.41, 5.74) is 4.81. The van der Waals surface area contributed by atoms with Gasteiger partial charge in [0.05, 0.1) is 5.56 Å². The van der Waals surface area contributed by atoms with E-state index in [-0.39, 0.29) is 17.0 Å². The predicted molar refractivity (Wildman–Crippen MR) is 120 cm³/mol. The largest absolute Gasteiger partial charge is 0.437 e. The molecule has 0 aliphatic carbocycles. The Hall–Kier alpha value is -2.68. The van der Waals surface area contributed by atoms with Crippen LogP contribution in [0.3, 0.4) is 0 Å². The lowest BCUT2D eigenvalue weighted by molar-refractivity contribution is -0.660. The summed E-state index contributed by atoms with van der Waals surface area (Å²) in [6, 6.07) is 9.68. The quantitative estimate of drug-likeness (QED) is 0.366. The summed E-state index contributed by atoms with van der Waals surface area (Å²) in [6.07, 6.45) is -0.295. The number of hydrogen-bond donors (Lipinski definition) is 0. The van der Waals surface area contributed by atoms with Gasteiger partial charge in [0.2, 0.25) is 11.4 Å². The van der Waals surface area contributed by atoms with Crippen LogP contribution in [-0.2, 0) is 13.4 Å². The van der Waals surface area contributed by atoms with Gasteiger partial charge in [-0.1, -0.05) is 46.7 Å². The summed E-state index contributed by atoms with van der Waals surface area (Å²) < 4.78 is 57.3. The SMILES string of the molecule is [2H]C([2H])(C)c1cc(-c2c(C)ccc3c2oc2nc(C(C)C)ccc23)[n+](C)cc1C([2H])(C)C([2H])([2H])[2H]. The van der Waals surface area contributed by atoms with Crippen molar-refractivity contribution in [1.82, 2.24) is 4.98 Å². The van der Waals surface area contributed by atoms with Gasteiger partial charge in [-0.2, -0.15) is 0 Å². The van der Waals surface area contributed by atoms with Crippen molar-refractivity contribution in [2.75, 3.05) is 0 Å². The highest BCUT2D eigenvalue weighted by molar-refractivity contribution is 6.08. The molecule has 0 saturated heterocycles. The fourth-order valence-corrected chi connectivity index (χ4v) is 3.88. The van der Waals surface area contributed by atoms with E-state index in [4.69, 9.17) is 17.6 Å². The number of aryl methyl sites for hydroxylation is 3. The van der Waals surface area contributed by atoms with E-state index in [9.17, 15) is 0 Å². The third kappa shape index (κ3) is 3.23. The standard InChI is InChI=1S/C26H31N2O/c1-8-18-13-23(28(7)14-21(18)15(2)3)24-17(6)9-10-19-20-11-12-22(16(4)5)27-26(20)29-25(19)24/h9-16H,8H2,1-7H3/q+1/i2D3,8D2,15D. The molecule has 0 saturated carbocycles. The average Bonchev–Trinajstić information content (AvgIpc) is 3.09. The van der Waals surface area contributed by atoms with E-state index in [1.165, 1.54) is 13.8 Å². The van der Waals surface area contributed by atoms with Crippen LogP contribution >= 0.6 is 0 Å². The summed E-state index contributed by atoms with van der Waals surface area (Å²) >= 11 is 0. The summed E-state index contributed by atoms with van der Waals surface area (Å²) in [4.78, 5) is 4.71. The molecule has 0 spiro atoms. The van der Waals surface area contributed by atoms with E-state index in [0.29, 0.717) is 17.0 Å². The molecule has 0 bridgehead atoms. The maximum atomic E-state index is 8.64. The monoisotopic (exact) mass is 393 g/mol. The molecule has 1 aromatic carbocycles. The van der Waals surface area contributed by atoms with Crippen LogP contribution in [0.4, 0.5) is 0 Å². The fraction of sp³-hybridized carbons (Fsp3) is 0.385. The lowest BCUT2D eigenvalue weighted by Crippen LogP contribution is -2.32. The summed E-state index contributed by atoms with van der Waals surface area (Å²) in [6.45, 7) is 6.18. The highest BCUT2D eigenvalue weighted by atomic mass is 16.3. The van der Waals surface area contributed by atoms with Gasteiger partial charge in [0.25, 0.3) is 0 Å². The zero-order valence-corrected chi connectivity index (χ0v) is 17.8. The van der Waals surface area contributed by atoms with Crippen molar-refractivity contribution in [2.45, 2.75) is 59.7 Å². The Kier molecular flexibility index (Phi) is 3.40. The van der Waals surface area contributed by atoms with Gasteiger partial charge in [-0.05, 0) is 48.4 Å². The summed E-state index contributed by atoms with van der Waals surface area (Å²) in [7, 11) is 1.78. The van der Waals surface area contributed by atoms with Crippen molar-refractivity contribution in [3.63, 3.8) is 0 Å². The molecule has 1 atom stereocenters. The molecule has 3 heteroatoms. The van der Waals surface area contributed by atoms with Crippen LogP contribution in [0.15, 0.2) is 40.9 Å². The third-order valence-corrected chi connectivity index (χ3v) is 5.53. The molecule has 1 unspecified atom stereocenters. The topological polar surface area (TPSA) is 29.9 Å². The van der Waals surface area contributed by atoms with E-state index in [0.717, 1.165) is 27.6 Å². The summed E-state index contributed by atoms with van der Waals surface area (Å²) in [5.74, 6) is -1.73. The Labute approximate surface area is 181 Å². The summed E-state index contributed by atoms with van der Waals surface area (Å²) in [5, 5.41) is 1.80. The number of furan rings is 1. The number of fused-ring (bicyclic) bond motifs is 3. The molecule has 0 N–H and O–H groups in total. The van der Waals surface area contributed by atoms with Crippen LogP contribution in [0.2, 0.25) is 0 Å². The molecule has 29 heavy (non-hydrogen) atoms. The Morgan fingerprint density at radius 1 is 1.21 bits per heavy atom. The smallest absolute Gasteiger partial charge is 0.227 e. The molecule has 0 fully saturated rings. The van der Waals surface area contributed by atoms with E-state index in [2.05, 4.69) is 13.8 Å². The molecule has 0 amide bonds. The van der Waals surface area contributed by atoms with Crippen LogP contribution in [0, 0.1) is 6.92 Å². The minimum Gasteiger partial charge on any atom is -0.437 e. The molecule has 3 aromatic heterocycles. The Morgan fingerprint density at radius 2 is 1.97 bits per heavy atom. The van der Waals surface area contributed by atoms with E-state index >= 15 is 0 Å². The first-order chi connectivity index (χ1) is 16.0. The Morgan fingerprint density at radius 3 is 2.66 bits per heavy atom. The van der Waals surface area contributed by atoms with E-state index < -0.39 is 19.1 Å². The van der Waals surface area contributed by atoms with Crippen molar-refractivity contribution < 1.29 is 17.2 Å². The van der Waals surface area contributed by atoms with Crippen molar-refractivity contribution in [2.24, 2.45) is 7.05 Å². The first kappa shape index (κ1) is 13.5. The van der Waals surface area contributed by atoms with Crippen LogP contribution in [0.1, 0.15) is 77.0 Å². The first-order valence-electron chi connectivity index (χ1n) is 12.9.